The first-order chi connectivity index (χ1) is 8.54. The molecule has 1 aromatic rings. The van der Waals surface area contributed by atoms with E-state index in [1.54, 1.807) is 12.1 Å². The average molecular weight is 253 g/mol. The van der Waals surface area contributed by atoms with E-state index in [0.29, 0.717) is 12.5 Å². The van der Waals surface area contributed by atoms with Gasteiger partial charge in [0.1, 0.15) is 11.6 Å². The van der Waals surface area contributed by atoms with Crippen LogP contribution in [0.1, 0.15) is 45.7 Å². The Labute approximate surface area is 110 Å². The molecular weight excluding hydrogens is 229 g/mol. The predicted octanol–water partition coefficient (Wildman–Crippen LogP) is 3.92. The van der Waals surface area contributed by atoms with Crippen molar-refractivity contribution in [1.82, 2.24) is 5.32 Å². The van der Waals surface area contributed by atoms with Gasteiger partial charge in [-0.1, -0.05) is 20.8 Å². The fourth-order valence-electron chi connectivity index (χ4n) is 1.72. The molecule has 0 spiro atoms. The van der Waals surface area contributed by atoms with Gasteiger partial charge in [-0.05, 0) is 44.0 Å². The lowest BCUT2D eigenvalue weighted by molar-refractivity contribution is 0.266. The van der Waals surface area contributed by atoms with Gasteiger partial charge in [-0.3, -0.25) is 0 Å². The molecule has 0 saturated heterocycles. The number of rotatable bonds is 7. The number of nitrogens with one attached hydrogen (secondary N) is 1. The molecule has 1 atom stereocenters. The summed E-state index contributed by atoms with van der Waals surface area (Å²) in [5.41, 5.74) is 0.893. The van der Waals surface area contributed by atoms with Crippen molar-refractivity contribution in [2.45, 2.75) is 40.2 Å². The van der Waals surface area contributed by atoms with Crippen LogP contribution in [0.3, 0.4) is 0 Å². The van der Waals surface area contributed by atoms with E-state index in [2.05, 4.69) is 26.1 Å². The summed E-state index contributed by atoms with van der Waals surface area (Å²) >= 11 is 0. The molecule has 1 rings (SSSR count). The molecule has 3 heteroatoms. The van der Waals surface area contributed by atoms with Crippen molar-refractivity contribution in [3.05, 3.63) is 29.6 Å². The molecule has 18 heavy (non-hydrogen) atoms. The summed E-state index contributed by atoms with van der Waals surface area (Å²) in [6, 6.07) is 4.83. The molecule has 0 aliphatic carbocycles. The molecule has 1 aromatic carbocycles. The van der Waals surface area contributed by atoms with Crippen molar-refractivity contribution in [3.63, 3.8) is 0 Å². The maximum Gasteiger partial charge on any atom is 0.124 e. The van der Waals surface area contributed by atoms with Crippen LogP contribution in [0.2, 0.25) is 0 Å². The third-order valence-electron chi connectivity index (χ3n) is 2.71. The van der Waals surface area contributed by atoms with Crippen LogP contribution in [0.5, 0.6) is 5.75 Å². The molecule has 1 unspecified atom stereocenters. The highest BCUT2D eigenvalue weighted by Crippen LogP contribution is 2.26. The molecule has 0 aliphatic rings. The van der Waals surface area contributed by atoms with Crippen molar-refractivity contribution >= 4 is 0 Å². The zero-order valence-electron chi connectivity index (χ0n) is 11.8. The molecule has 0 amide bonds. The standard InChI is InChI=1S/C15H24FNO/c1-5-8-17-12(4)14-9-13(16)6-7-15(14)18-10-11(2)3/h6-7,9,11-12,17H,5,8,10H2,1-4H3. The Kier molecular flexibility index (Phi) is 6.13. The van der Waals surface area contributed by atoms with Gasteiger partial charge in [-0.2, -0.15) is 0 Å². The summed E-state index contributed by atoms with van der Waals surface area (Å²) in [4.78, 5) is 0. The minimum absolute atomic E-state index is 0.0998. The maximum atomic E-state index is 13.3. The molecule has 0 aliphatic heterocycles. The molecule has 0 aromatic heterocycles. The summed E-state index contributed by atoms with van der Waals surface area (Å²) in [5.74, 6) is 1.02. The summed E-state index contributed by atoms with van der Waals surface area (Å²) in [7, 11) is 0. The van der Waals surface area contributed by atoms with E-state index < -0.39 is 0 Å². The van der Waals surface area contributed by atoms with E-state index in [4.69, 9.17) is 4.74 Å². The van der Waals surface area contributed by atoms with Gasteiger partial charge in [0, 0.05) is 11.6 Å². The summed E-state index contributed by atoms with van der Waals surface area (Å²) in [6.07, 6.45) is 1.06. The highest BCUT2D eigenvalue weighted by Gasteiger charge is 2.12. The largest absolute Gasteiger partial charge is 0.493 e. The Hall–Kier alpha value is -1.09. The first-order valence-corrected chi connectivity index (χ1v) is 6.70. The zero-order chi connectivity index (χ0) is 13.5. The molecule has 2 nitrogen and oxygen atoms in total. The van der Waals surface area contributed by atoms with Crippen LogP contribution in [-0.4, -0.2) is 13.2 Å². The highest BCUT2D eigenvalue weighted by molar-refractivity contribution is 5.36. The number of halogens is 1. The minimum Gasteiger partial charge on any atom is -0.493 e. The van der Waals surface area contributed by atoms with Gasteiger partial charge in [0.05, 0.1) is 6.61 Å². The Morgan fingerprint density at radius 2 is 2.00 bits per heavy atom. The van der Waals surface area contributed by atoms with E-state index in [1.165, 1.54) is 6.07 Å². The van der Waals surface area contributed by atoms with Gasteiger partial charge >= 0.3 is 0 Å². The fraction of sp³-hybridized carbons (Fsp3) is 0.600. The second kappa shape index (κ2) is 7.37. The lowest BCUT2D eigenvalue weighted by Gasteiger charge is -2.19. The van der Waals surface area contributed by atoms with Crippen LogP contribution in [0.25, 0.3) is 0 Å². The Balaban J connectivity index is 2.81. The first-order valence-electron chi connectivity index (χ1n) is 6.70. The monoisotopic (exact) mass is 253 g/mol. The van der Waals surface area contributed by atoms with Crippen LogP contribution >= 0.6 is 0 Å². The number of benzene rings is 1. The maximum absolute atomic E-state index is 13.3. The highest BCUT2D eigenvalue weighted by atomic mass is 19.1. The molecular formula is C15H24FNO. The van der Waals surface area contributed by atoms with Gasteiger partial charge in [0.15, 0.2) is 0 Å². The summed E-state index contributed by atoms with van der Waals surface area (Å²) in [6.45, 7) is 9.92. The quantitative estimate of drug-likeness (QED) is 0.795. The minimum atomic E-state index is -0.216. The van der Waals surface area contributed by atoms with Gasteiger partial charge < -0.3 is 10.1 Å². The van der Waals surface area contributed by atoms with E-state index >= 15 is 0 Å². The summed E-state index contributed by atoms with van der Waals surface area (Å²) < 4.78 is 19.1. The average Bonchev–Trinajstić information content (AvgIpc) is 2.34. The van der Waals surface area contributed by atoms with Gasteiger partial charge in [-0.25, -0.2) is 4.39 Å². The molecule has 0 radical (unpaired) electrons. The van der Waals surface area contributed by atoms with E-state index in [9.17, 15) is 4.39 Å². The van der Waals surface area contributed by atoms with Crippen molar-refractivity contribution in [1.29, 1.82) is 0 Å². The smallest absolute Gasteiger partial charge is 0.124 e. The van der Waals surface area contributed by atoms with Crippen molar-refractivity contribution in [2.24, 2.45) is 5.92 Å². The zero-order valence-corrected chi connectivity index (χ0v) is 11.8. The number of ether oxygens (including phenoxy) is 1. The Bertz CT molecular complexity index is 366. The SMILES string of the molecule is CCCNC(C)c1cc(F)ccc1OCC(C)C. The number of hydrogen-bond acceptors (Lipinski definition) is 2. The van der Waals surface area contributed by atoms with Crippen LogP contribution < -0.4 is 10.1 Å². The molecule has 0 fully saturated rings. The molecule has 0 bridgehead atoms. The van der Waals surface area contributed by atoms with Crippen LogP contribution in [0.15, 0.2) is 18.2 Å². The summed E-state index contributed by atoms with van der Waals surface area (Å²) in [5, 5.41) is 3.36. The van der Waals surface area contributed by atoms with E-state index in [0.717, 1.165) is 24.3 Å². The van der Waals surface area contributed by atoms with Crippen molar-refractivity contribution < 1.29 is 9.13 Å². The third-order valence-corrected chi connectivity index (χ3v) is 2.71. The normalized spacial score (nSPS) is 12.8. The van der Waals surface area contributed by atoms with Gasteiger partial charge in [0.25, 0.3) is 0 Å². The van der Waals surface area contributed by atoms with Gasteiger partial charge in [0.2, 0.25) is 0 Å². The Morgan fingerprint density at radius 1 is 1.28 bits per heavy atom. The van der Waals surface area contributed by atoms with Gasteiger partial charge in [-0.15, -0.1) is 0 Å². The van der Waals surface area contributed by atoms with Crippen molar-refractivity contribution in [3.8, 4) is 5.75 Å². The topological polar surface area (TPSA) is 21.3 Å². The lowest BCUT2D eigenvalue weighted by atomic mass is 10.1. The predicted molar refractivity (Wildman–Crippen MR) is 73.4 cm³/mol. The second-order valence-electron chi connectivity index (χ2n) is 5.06. The lowest BCUT2D eigenvalue weighted by Crippen LogP contribution is -2.20. The molecule has 102 valence electrons. The Morgan fingerprint density at radius 3 is 2.61 bits per heavy atom. The second-order valence-corrected chi connectivity index (χ2v) is 5.06. The van der Waals surface area contributed by atoms with Crippen LogP contribution in [0, 0.1) is 11.7 Å². The molecule has 0 heterocycles. The number of hydrogen-bond donors (Lipinski definition) is 1. The fourth-order valence-corrected chi connectivity index (χ4v) is 1.72. The van der Waals surface area contributed by atoms with Crippen LogP contribution in [0.4, 0.5) is 4.39 Å². The molecule has 1 N–H and O–H groups in total. The first kappa shape index (κ1) is 15.0. The van der Waals surface area contributed by atoms with Crippen molar-refractivity contribution in [2.75, 3.05) is 13.2 Å². The molecule has 0 saturated carbocycles. The van der Waals surface area contributed by atoms with E-state index in [1.807, 2.05) is 6.92 Å². The van der Waals surface area contributed by atoms with E-state index in [-0.39, 0.29) is 11.9 Å². The third kappa shape index (κ3) is 4.65. The van der Waals surface area contributed by atoms with Crippen LogP contribution in [-0.2, 0) is 0 Å².